The number of hydrogen-bond donors (Lipinski definition) is 0. The van der Waals surface area contributed by atoms with E-state index in [1.165, 1.54) is 13.3 Å². The van der Waals surface area contributed by atoms with E-state index in [9.17, 15) is 14.4 Å². The van der Waals surface area contributed by atoms with Gasteiger partial charge < -0.3 is 4.79 Å². The first-order valence-corrected chi connectivity index (χ1v) is 6.59. The van der Waals surface area contributed by atoms with Crippen LogP contribution in [0.2, 0.25) is 0 Å². The van der Waals surface area contributed by atoms with Gasteiger partial charge in [0.25, 0.3) is 0 Å². The van der Waals surface area contributed by atoms with Crippen LogP contribution in [0.15, 0.2) is 0 Å². The fourth-order valence-electron chi connectivity index (χ4n) is 1.59. The Kier molecular flexibility index (Phi) is 9.59. The van der Waals surface area contributed by atoms with E-state index in [2.05, 4.69) is 6.92 Å². The molecule has 0 N–H and O–H groups in total. The smallest absolute Gasteiger partial charge is 0.133 e. The molecule has 17 heavy (non-hydrogen) atoms. The number of carbonyl (C=O) groups is 3. The normalized spacial score (nSPS) is 10.2. The van der Waals surface area contributed by atoms with E-state index in [1.807, 2.05) is 0 Å². The van der Waals surface area contributed by atoms with Crippen molar-refractivity contribution in [2.45, 2.75) is 71.6 Å². The van der Waals surface area contributed by atoms with Gasteiger partial charge in [0.1, 0.15) is 17.3 Å². The molecule has 0 aliphatic heterocycles. The van der Waals surface area contributed by atoms with Gasteiger partial charge in [-0.05, 0) is 13.3 Å². The third kappa shape index (κ3) is 11.3. The van der Waals surface area contributed by atoms with E-state index in [-0.39, 0.29) is 17.3 Å². The molecule has 98 valence electrons. The lowest BCUT2D eigenvalue weighted by molar-refractivity contribution is -0.125. The summed E-state index contributed by atoms with van der Waals surface area (Å²) in [4.78, 5) is 33.4. The van der Waals surface area contributed by atoms with Crippen LogP contribution in [-0.2, 0) is 14.4 Å². The fourth-order valence-corrected chi connectivity index (χ4v) is 1.59. The molecule has 0 saturated carbocycles. The lowest BCUT2D eigenvalue weighted by Gasteiger charge is -2.00. The van der Waals surface area contributed by atoms with Gasteiger partial charge in [-0.3, -0.25) is 9.59 Å². The molecule has 0 aromatic carbocycles. The molecule has 3 heteroatoms. The summed E-state index contributed by atoms with van der Waals surface area (Å²) in [6, 6.07) is 0. The average Bonchev–Trinajstić information content (AvgIpc) is 2.29. The maximum Gasteiger partial charge on any atom is 0.133 e. The molecule has 0 rings (SSSR count). The zero-order valence-electron chi connectivity index (χ0n) is 11.1. The van der Waals surface area contributed by atoms with Gasteiger partial charge in [0, 0.05) is 32.1 Å². The Morgan fingerprint density at radius 2 is 1.24 bits per heavy atom. The van der Waals surface area contributed by atoms with Crippen LogP contribution < -0.4 is 0 Å². The summed E-state index contributed by atoms with van der Waals surface area (Å²) < 4.78 is 0. The fraction of sp³-hybridized carbons (Fsp3) is 0.786. The standard InChI is InChI=1S/C14H24O3/c1-3-4-5-6-7-13(16)10-11-14(17)9-8-12(2)15/h3-11H2,1-2H3. The predicted molar refractivity (Wildman–Crippen MR) is 67.9 cm³/mol. The van der Waals surface area contributed by atoms with Crippen LogP contribution in [0.4, 0.5) is 0 Å². The van der Waals surface area contributed by atoms with Crippen LogP contribution in [0, 0.1) is 0 Å². The van der Waals surface area contributed by atoms with Crippen molar-refractivity contribution in [3.8, 4) is 0 Å². The van der Waals surface area contributed by atoms with E-state index < -0.39 is 0 Å². The number of hydrogen-bond acceptors (Lipinski definition) is 3. The van der Waals surface area contributed by atoms with Crippen molar-refractivity contribution in [3.05, 3.63) is 0 Å². The Morgan fingerprint density at radius 1 is 0.706 bits per heavy atom. The minimum atomic E-state index is 0.0297. The summed E-state index contributed by atoms with van der Waals surface area (Å²) in [5.74, 6) is 0.239. The van der Waals surface area contributed by atoms with Crippen molar-refractivity contribution in [3.63, 3.8) is 0 Å². The first-order valence-electron chi connectivity index (χ1n) is 6.59. The first kappa shape index (κ1) is 16.0. The van der Waals surface area contributed by atoms with E-state index in [0.29, 0.717) is 32.1 Å². The lowest BCUT2D eigenvalue weighted by Crippen LogP contribution is -2.05. The molecule has 3 nitrogen and oxygen atoms in total. The minimum Gasteiger partial charge on any atom is -0.300 e. The summed E-state index contributed by atoms with van der Waals surface area (Å²) in [5, 5.41) is 0. The van der Waals surface area contributed by atoms with Crippen LogP contribution in [0.5, 0.6) is 0 Å². The number of unbranched alkanes of at least 4 members (excludes halogenated alkanes) is 3. The Labute approximate surface area is 104 Å². The van der Waals surface area contributed by atoms with Crippen molar-refractivity contribution in [2.75, 3.05) is 0 Å². The molecule has 0 fully saturated rings. The number of rotatable bonds is 11. The topological polar surface area (TPSA) is 51.2 Å². The van der Waals surface area contributed by atoms with Crippen molar-refractivity contribution in [2.24, 2.45) is 0 Å². The van der Waals surface area contributed by atoms with Gasteiger partial charge in [-0.15, -0.1) is 0 Å². The second-order valence-corrected chi connectivity index (χ2v) is 4.59. The molecule has 0 aromatic rings. The number of ketones is 3. The summed E-state index contributed by atoms with van der Waals surface area (Å²) in [6.45, 7) is 3.61. The van der Waals surface area contributed by atoms with Gasteiger partial charge >= 0.3 is 0 Å². The largest absolute Gasteiger partial charge is 0.300 e. The summed E-state index contributed by atoms with van der Waals surface area (Å²) >= 11 is 0. The molecule has 0 aliphatic rings. The molecular formula is C14H24O3. The highest BCUT2D eigenvalue weighted by atomic mass is 16.1. The zero-order chi connectivity index (χ0) is 13.1. The molecule has 0 bridgehead atoms. The van der Waals surface area contributed by atoms with Gasteiger partial charge in [-0.2, -0.15) is 0 Å². The summed E-state index contributed by atoms with van der Waals surface area (Å²) in [6.07, 6.45) is 6.22. The van der Waals surface area contributed by atoms with Gasteiger partial charge in [0.2, 0.25) is 0 Å². The molecule has 0 saturated heterocycles. The maximum atomic E-state index is 11.4. The molecule has 0 spiro atoms. The predicted octanol–water partition coefficient (Wildman–Crippen LogP) is 3.24. The van der Waals surface area contributed by atoms with Gasteiger partial charge in [0.15, 0.2) is 0 Å². The van der Waals surface area contributed by atoms with Gasteiger partial charge in [-0.1, -0.05) is 26.2 Å². The molecule has 0 amide bonds. The Morgan fingerprint density at radius 3 is 1.76 bits per heavy atom. The Hall–Kier alpha value is -0.990. The van der Waals surface area contributed by atoms with E-state index in [1.54, 1.807) is 0 Å². The third-order valence-electron chi connectivity index (χ3n) is 2.75. The van der Waals surface area contributed by atoms with Crippen LogP contribution in [0.3, 0.4) is 0 Å². The van der Waals surface area contributed by atoms with Crippen molar-refractivity contribution >= 4 is 17.3 Å². The van der Waals surface area contributed by atoms with E-state index in [4.69, 9.17) is 0 Å². The van der Waals surface area contributed by atoms with Crippen LogP contribution in [0.25, 0.3) is 0 Å². The summed E-state index contributed by atoms with van der Waals surface area (Å²) in [7, 11) is 0. The average molecular weight is 240 g/mol. The maximum absolute atomic E-state index is 11.4. The molecular weight excluding hydrogens is 216 g/mol. The molecule has 0 heterocycles. The van der Waals surface area contributed by atoms with Crippen molar-refractivity contribution in [1.29, 1.82) is 0 Å². The Bertz CT molecular complexity index is 256. The van der Waals surface area contributed by atoms with Crippen molar-refractivity contribution < 1.29 is 14.4 Å². The van der Waals surface area contributed by atoms with E-state index >= 15 is 0 Å². The molecule has 0 unspecified atom stereocenters. The third-order valence-corrected chi connectivity index (χ3v) is 2.75. The highest BCUT2D eigenvalue weighted by Crippen LogP contribution is 2.07. The van der Waals surface area contributed by atoms with Crippen LogP contribution in [-0.4, -0.2) is 17.3 Å². The number of Topliss-reactive ketones (excluding diaryl/α,β-unsaturated/α-hetero) is 3. The van der Waals surface area contributed by atoms with Gasteiger partial charge in [-0.25, -0.2) is 0 Å². The van der Waals surface area contributed by atoms with Crippen LogP contribution >= 0.6 is 0 Å². The van der Waals surface area contributed by atoms with Gasteiger partial charge in [0.05, 0.1) is 0 Å². The summed E-state index contributed by atoms with van der Waals surface area (Å²) in [5.41, 5.74) is 0. The Balaban J connectivity index is 3.49. The van der Waals surface area contributed by atoms with E-state index in [0.717, 1.165) is 19.3 Å². The quantitative estimate of drug-likeness (QED) is 0.521. The second-order valence-electron chi connectivity index (χ2n) is 4.59. The SMILES string of the molecule is CCCCCCC(=O)CCC(=O)CCC(C)=O. The molecule has 0 aliphatic carbocycles. The van der Waals surface area contributed by atoms with Crippen molar-refractivity contribution in [1.82, 2.24) is 0 Å². The molecule has 0 radical (unpaired) electrons. The van der Waals surface area contributed by atoms with Crippen LogP contribution in [0.1, 0.15) is 71.6 Å². The monoisotopic (exact) mass is 240 g/mol. The second kappa shape index (κ2) is 10.2. The highest BCUT2D eigenvalue weighted by Gasteiger charge is 2.07. The zero-order valence-corrected chi connectivity index (χ0v) is 11.1. The first-order chi connectivity index (χ1) is 8.06. The minimum absolute atomic E-state index is 0.0297. The highest BCUT2D eigenvalue weighted by molar-refractivity contribution is 5.88. The molecule has 0 aromatic heterocycles. The number of carbonyl (C=O) groups excluding carboxylic acids is 3. The lowest BCUT2D eigenvalue weighted by atomic mass is 10.0. The molecule has 0 atom stereocenters.